The van der Waals surface area contributed by atoms with Crippen LogP contribution in [0.2, 0.25) is 0 Å². The van der Waals surface area contributed by atoms with Gasteiger partial charge in [0.15, 0.2) is 5.16 Å². The van der Waals surface area contributed by atoms with Crippen LogP contribution >= 0.6 is 11.8 Å². The van der Waals surface area contributed by atoms with Crippen LogP contribution in [0, 0.1) is 0 Å². The van der Waals surface area contributed by atoms with Crippen molar-refractivity contribution in [1.82, 2.24) is 14.5 Å². The molecule has 0 saturated heterocycles. The van der Waals surface area contributed by atoms with Gasteiger partial charge in [-0.05, 0) is 26.7 Å². The van der Waals surface area contributed by atoms with Gasteiger partial charge in [-0.3, -0.25) is 4.79 Å². The number of aryl methyl sites for hydroxylation is 1. The van der Waals surface area contributed by atoms with Gasteiger partial charge < -0.3 is 9.47 Å². The molecule has 5 heteroatoms. The van der Waals surface area contributed by atoms with Crippen molar-refractivity contribution in [2.45, 2.75) is 68.9 Å². The average Bonchev–Trinajstić information content (AvgIpc) is 2.93. The lowest BCUT2D eigenvalue weighted by Crippen LogP contribution is -2.42. The van der Waals surface area contributed by atoms with Crippen LogP contribution in [0.3, 0.4) is 0 Å². The molecule has 1 aromatic heterocycles. The molecule has 4 nitrogen and oxygen atoms in total. The van der Waals surface area contributed by atoms with Crippen LogP contribution in [-0.4, -0.2) is 38.7 Å². The molecule has 1 heterocycles. The minimum atomic E-state index is -0.0744. The maximum Gasteiger partial charge on any atom is 0.235 e. The molecule has 0 radical (unpaired) electrons. The summed E-state index contributed by atoms with van der Waals surface area (Å²) in [6.07, 6.45) is 9.90. The van der Waals surface area contributed by atoms with Crippen molar-refractivity contribution in [3.63, 3.8) is 0 Å². The van der Waals surface area contributed by atoms with Crippen molar-refractivity contribution in [3.05, 3.63) is 12.4 Å². The monoisotopic (exact) mass is 295 g/mol. The number of thioether (sulfide) groups is 1. The van der Waals surface area contributed by atoms with E-state index in [4.69, 9.17) is 0 Å². The molecule has 1 aliphatic carbocycles. The van der Waals surface area contributed by atoms with Gasteiger partial charge in [0.1, 0.15) is 0 Å². The van der Waals surface area contributed by atoms with Crippen LogP contribution in [0.1, 0.15) is 46.0 Å². The fourth-order valence-corrected chi connectivity index (χ4v) is 3.83. The third kappa shape index (κ3) is 3.57. The van der Waals surface area contributed by atoms with Gasteiger partial charge in [0.2, 0.25) is 5.91 Å². The number of carbonyl (C=O) groups is 1. The molecule has 0 spiro atoms. The lowest BCUT2D eigenvalue weighted by Gasteiger charge is -2.32. The summed E-state index contributed by atoms with van der Waals surface area (Å²) in [5.41, 5.74) is 0. The first-order valence-electron chi connectivity index (χ1n) is 7.58. The first-order chi connectivity index (χ1) is 9.63. The Bertz CT molecular complexity index is 440. The summed E-state index contributed by atoms with van der Waals surface area (Å²) in [6.45, 7) is 4.97. The van der Waals surface area contributed by atoms with Gasteiger partial charge in [0, 0.05) is 32.0 Å². The highest BCUT2D eigenvalue weighted by Crippen LogP contribution is 2.26. The van der Waals surface area contributed by atoms with Crippen LogP contribution in [0.4, 0.5) is 0 Å². The van der Waals surface area contributed by atoms with E-state index in [2.05, 4.69) is 16.5 Å². The molecule has 1 unspecified atom stereocenters. The summed E-state index contributed by atoms with van der Waals surface area (Å²) in [7, 11) is 1.96. The normalized spacial score (nSPS) is 17.9. The Morgan fingerprint density at radius 1 is 1.50 bits per heavy atom. The highest BCUT2D eigenvalue weighted by Gasteiger charge is 2.26. The number of carbonyl (C=O) groups excluding carboxylic acids is 1. The molecule has 1 aliphatic rings. The molecule has 1 aromatic rings. The topological polar surface area (TPSA) is 38.1 Å². The van der Waals surface area contributed by atoms with Crippen molar-refractivity contribution in [3.8, 4) is 0 Å². The Hall–Kier alpha value is -0.970. The maximum absolute atomic E-state index is 12.5. The Morgan fingerprint density at radius 3 is 2.85 bits per heavy atom. The smallest absolute Gasteiger partial charge is 0.235 e. The highest BCUT2D eigenvalue weighted by molar-refractivity contribution is 8.00. The zero-order valence-electron chi connectivity index (χ0n) is 12.7. The summed E-state index contributed by atoms with van der Waals surface area (Å²) in [4.78, 5) is 18.8. The van der Waals surface area contributed by atoms with Crippen molar-refractivity contribution in [2.75, 3.05) is 7.05 Å². The van der Waals surface area contributed by atoms with Crippen molar-refractivity contribution in [2.24, 2.45) is 0 Å². The van der Waals surface area contributed by atoms with E-state index < -0.39 is 0 Å². The summed E-state index contributed by atoms with van der Waals surface area (Å²) in [5.74, 6) is 0.229. The zero-order valence-corrected chi connectivity index (χ0v) is 13.5. The van der Waals surface area contributed by atoms with Gasteiger partial charge in [0.05, 0.1) is 5.25 Å². The van der Waals surface area contributed by atoms with E-state index in [0.717, 1.165) is 24.5 Å². The van der Waals surface area contributed by atoms with Gasteiger partial charge in [-0.1, -0.05) is 31.0 Å². The average molecular weight is 295 g/mol. The van der Waals surface area contributed by atoms with Crippen molar-refractivity contribution < 1.29 is 4.79 Å². The number of amides is 1. The Morgan fingerprint density at radius 2 is 2.20 bits per heavy atom. The molecular weight excluding hydrogens is 270 g/mol. The Balaban J connectivity index is 1.94. The molecule has 0 aromatic carbocycles. The van der Waals surface area contributed by atoms with Gasteiger partial charge in [0.25, 0.3) is 0 Å². The summed E-state index contributed by atoms with van der Waals surface area (Å²) < 4.78 is 2.08. The number of imidazole rings is 1. The van der Waals surface area contributed by atoms with E-state index in [0.29, 0.717) is 6.04 Å². The van der Waals surface area contributed by atoms with E-state index in [-0.39, 0.29) is 11.2 Å². The van der Waals surface area contributed by atoms with Crippen LogP contribution in [0.25, 0.3) is 0 Å². The lowest BCUT2D eigenvalue weighted by atomic mass is 9.94. The predicted molar refractivity (Wildman–Crippen MR) is 82.9 cm³/mol. The number of hydrogen-bond acceptors (Lipinski definition) is 3. The van der Waals surface area contributed by atoms with E-state index in [9.17, 15) is 4.79 Å². The minimum Gasteiger partial charge on any atom is -0.342 e. The second kappa shape index (κ2) is 7.16. The second-order valence-corrected chi connectivity index (χ2v) is 6.80. The fraction of sp³-hybridized carbons (Fsp3) is 0.733. The minimum absolute atomic E-state index is 0.0744. The van der Waals surface area contributed by atoms with E-state index in [1.165, 1.54) is 19.3 Å². The Labute approximate surface area is 125 Å². The number of aromatic nitrogens is 2. The molecule has 112 valence electrons. The van der Waals surface area contributed by atoms with Crippen LogP contribution in [-0.2, 0) is 11.3 Å². The highest BCUT2D eigenvalue weighted by atomic mass is 32.2. The summed E-state index contributed by atoms with van der Waals surface area (Å²) in [6, 6.07) is 0.435. The third-order valence-corrected chi connectivity index (χ3v) is 5.22. The van der Waals surface area contributed by atoms with Crippen LogP contribution < -0.4 is 0 Å². The van der Waals surface area contributed by atoms with E-state index in [1.807, 2.05) is 25.1 Å². The molecule has 1 atom stereocenters. The van der Waals surface area contributed by atoms with Crippen molar-refractivity contribution in [1.29, 1.82) is 0 Å². The standard InChI is InChI=1S/C15H25N3OS/c1-4-18-11-10-16-15(18)20-12(2)14(19)17(3)13-8-6-5-7-9-13/h10-13H,4-9H2,1-3H3. The quantitative estimate of drug-likeness (QED) is 0.783. The van der Waals surface area contributed by atoms with Crippen LogP contribution in [0.5, 0.6) is 0 Å². The number of hydrogen-bond donors (Lipinski definition) is 0. The molecule has 1 amide bonds. The molecule has 0 aliphatic heterocycles. The zero-order chi connectivity index (χ0) is 14.5. The van der Waals surface area contributed by atoms with Gasteiger partial charge in [-0.15, -0.1) is 0 Å². The van der Waals surface area contributed by atoms with Gasteiger partial charge in [-0.25, -0.2) is 4.98 Å². The largest absolute Gasteiger partial charge is 0.342 e. The molecule has 1 fully saturated rings. The SMILES string of the molecule is CCn1ccnc1SC(C)C(=O)N(C)C1CCCCC1. The van der Waals surface area contributed by atoms with E-state index in [1.54, 1.807) is 18.0 Å². The number of rotatable bonds is 5. The summed E-state index contributed by atoms with van der Waals surface area (Å²) in [5, 5.41) is 0.861. The predicted octanol–water partition coefficient (Wildman–Crippen LogP) is 3.17. The third-order valence-electron chi connectivity index (χ3n) is 4.12. The maximum atomic E-state index is 12.5. The van der Waals surface area contributed by atoms with Crippen LogP contribution in [0.15, 0.2) is 17.6 Å². The second-order valence-electron chi connectivity index (χ2n) is 5.50. The van der Waals surface area contributed by atoms with E-state index >= 15 is 0 Å². The van der Waals surface area contributed by atoms with Gasteiger partial charge >= 0.3 is 0 Å². The molecule has 0 N–H and O–H groups in total. The lowest BCUT2D eigenvalue weighted by molar-refractivity contribution is -0.131. The molecular formula is C15H25N3OS. The molecule has 2 rings (SSSR count). The molecule has 20 heavy (non-hydrogen) atoms. The first kappa shape index (κ1) is 15.4. The van der Waals surface area contributed by atoms with Gasteiger partial charge in [-0.2, -0.15) is 0 Å². The van der Waals surface area contributed by atoms with Crippen molar-refractivity contribution >= 4 is 17.7 Å². The first-order valence-corrected chi connectivity index (χ1v) is 8.46. The summed E-state index contributed by atoms with van der Waals surface area (Å²) >= 11 is 1.56. The Kier molecular flexibility index (Phi) is 5.52. The molecule has 0 bridgehead atoms. The number of nitrogens with zero attached hydrogens (tertiary/aromatic N) is 3. The fourth-order valence-electron chi connectivity index (χ4n) is 2.80. The molecule has 1 saturated carbocycles.